The van der Waals surface area contributed by atoms with Gasteiger partial charge in [0, 0.05) is 0 Å². The summed E-state index contributed by atoms with van der Waals surface area (Å²) < 4.78 is 0. The van der Waals surface area contributed by atoms with Gasteiger partial charge >= 0.3 is 13.5 Å². The van der Waals surface area contributed by atoms with Crippen LogP contribution >= 0.6 is 0 Å². The second kappa shape index (κ2) is 43.9. The van der Waals surface area contributed by atoms with Crippen LogP contribution in [0.15, 0.2) is 0 Å². The van der Waals surface area contributed by atoms with Crippen LogP contribution in [0.2, 0.25) is 0 Å². The van der Waals surface area contributed by atoms with E-state index in [0.29, 0.717) is 0 Å². The van der Waals surface area contributed by atoms with Crippen LogP contribution in [0.4, 0.5) is 4.79 Å². The zero-order valence-electron chi connectivity index (χ0n) is 7.26. The first-order valence-electron chi connectivity index (χ1n) is 1.43. The Morgan fingerprint density at radius 2 is 0.769 bits per heavy atom. The van der Waals surface area contributed by atoms with E-state index in [2.05, 4.69) is 0 Å². The summed E-state index contributed by atoms with van der Waals surface area (Å²) in [5, 5.41) is 35.4. The molecule has 12 heteroatoms. The third-order valence-electron chi connectivity index (χ3n) is 0. The molecule has 0 aromatic heterocycles. The van der Waals surface area contributed by atoms with Gasteiger partial charge in [-0.3, -0.25) is 0 Å². The van der Waals surface area contributed by atoms with E-state index in [0.717, 1.165) is 0 Å². The predicted octanol–water partition coefficient (Wildman–Crippen LogP) is -1.02. The normalized spacial score (nSPS) is 3.92. The molecule has 0 radical (unpaired) electrons. The van der Waals surface area contributed by atoms with Gasteiger partial charge in [0.1, 0.15) is 0 Å². The summed E-state index contributed by atoms with van der Waals surface area (Å²) in [4.78, 5) is 8.56. The van der Waals surface area contributed by atoms with Gasteiger partial charge in [0.15, 0.2) is 0 Å². The Kier molecular flexibility index (Phi) is 196. The van der Waals surface area contributed by atoms with Gasteiger partial charge < -0.3 is 56.0 Å². The molecular weight excluding hydrogens is 189 g/mol. The fraction of sp³-hybridized carbons (Fsp3) is 0. The van der Waals surface area contributed by atoms with Crippen molar-refractivity contribution in [2.45, 2.75) is 0 Å². The molecule has 0 aromatic carbocycles. The van der Waals surface area contributed by atoms with E-state index in [-0.39, 0.29) is 30.8 Å². The minimum atomic E-state index is -2.17. The zero-order valence-corrected chi connectivity index (χ0v) is 7.26. The molecule has 0 amide bonds. The lowest BCUT2D eigenvalue weighted by atomic mass is 10.3. The predicted molar refractivity (Wildman–Crippen MR) is 48.2 cm³/mol. The third kappa shape index (κ3) is 923. The number of carbonyl (C=O) groups is 1. The molecule has 0 atom stereocenters. The van der Waals surface area contributed by atoms with Gasteiger partial charge in [0.2, 0.25) is 0 Å². The molecule has 0 unspecified atom stereocenters. The van der Waals surface area contributed by atoms with Gasteiger partial charge in [-0.1, -0.05) is 0 Å². The summed E-state index contributed by atoms with van der Waals surface area (Å²) in [7, 11) is -2.17. The van der Waals surface area contributed by atoms with Crippen LogP contribution in [0.1, 0.15) is 0 Å². The fourth-order valence-electron chi connectivity index (χ4n) is 0. The van der Waals surface area contributed by atoms with E-state index in [1.165, 1.54) is 0 Å². The smallest absolute Gasteiger partial charge is 0.450 e. The zero-order chi connectivity index (χ0) is 7.15. The van der Waals surface area contributed by atoms with E-state index in [1.807, 2.05) is 0 Å². The quantitative estimate of drug-likeness (QED) is 0.215. The molecule has 0 aliphatic heterocycles. The highest BCUT2D eigenvalue weighted by atomic mass is 16.6. The lowest BCUT2D eigenvalue weighted by Gasteiger charge is -1.69. The van der Waals surface area contributed by atoms with E-state index in [9.17, 15) is 0 Å². The second-order valence-corrected chi connectivity index (χ2v) is 0.629. The fourth-order valence-corrected chi connectivity index (χ4v) is 0. The standard InChI is InChI=1S/CH2O3.BH3O3.5H3N/c2*2-1(3)4;;;;;/h(H2,2,3,4);2-4H;5*1H3. The molecule has 20 N–H and O–H groups in total. The Morgan fingerprint density at radius 3 is 0.769 bits per heavy atom. The van der Waals surface area contributed by atoms with Crippen LogP contribution in [-0.4, -0.2) is 38.8 Å². The molecule has 11 nitrogen and oxygen atoms in total. The third-order valence-corrected chi connectivity index (χ3v) is 0. The second-order valence-electron chi connectivity index (χ2n) is 0.629. The molecule has 0 saturated carbocycles. The Labute approximate surface area is 75.5 Å². The maximum absolute atomic E-state index is 8.56. The molecule has 0 fully saturated rings. The molecule has 0 bridgehead atoms. The Hall–Kier alpha value is -0.985. The van der Waals surface area contributed by atoms with Crippen molar-refractivity contribution in [2.24, 2.45) is 0 Å². The van der Waals surface area contributed by atoms with Crippen LogP contribution in [0, 0.1) is 0 Å². The molecule has 0 heterocycles. The summed E-state index contributed by atoms with van der Waals surface area (Å²) in [6.45, 7) is 0. The van der Waals surface area contributed by atoms with Gasteiger partial charge in [0.05, 0.1) is 0 Å². The summed E-state index contributed by atoms with van der Waals surface area (Å²) >= 11 is 0. The van der Waals surface area contributed by atoms with E-state index in [1.54, 1.807) is 0 Å². The molecule has 0 aliphatic rings. The molecule has 0 spiro atoms. The van der Waals surface area contributed by atoms with Crippen LogP contribution in [-0.2, 0) is 0 Å². The van der Waals surface area contributed by atoms with Gasteiger partial charge in [-0.2, -0.15) is 0 Å². The van der Waals surface area contributed by atoms with Crippen LogP contribution < -0.4 is 30.8 Å². The van der Waals surface area contributed by atoms with E-state index < -0.39 is 13.5 Å². The summed E-state index contributed by atoms with van der Waals surface area (Å²) in [6.07, 6.45) is -1.83. The SMILES string of the molecule is N.N.N.N.N.O=C(O)O.OB(O)O. The molecule has 0 aliphatic carbocycles. The molecule has 88 valence electrons. The van der Waals surface area contributed by atoms with Crippen molar-refractivity contribution in [1.82, 2.24) is 30.8 Å². The van der Waals surface area contributed by atoms with Crippen molar-refractivity contribution >= 4 is 13.5 Å². The molecule has 0 saturated heterocycles. The number of hydrogen-bond donors (Lipinski definition) is 10. The van der Waals surface area contributed by atoms with E-state index >= 15 is 0 Å². The Morgan fingerprint density at radius 1 is 0.769 bits per heavy atom. The number of rotatable bonds is 0. The van der Waals surface area contributed by atoms with Gasteiger partial charge in [0.25, 0.3) is 0 Å². The number of hydrogen-bond acceptors (Lipinski definition) is 9. The largest absolute Gasteiger partial charge is 0.631 e. The van der Waals surface area contributed by atoms with Crippen molar-refractivity contribution < 1.29 is 30.1 Å². The monoisotopic (exact) mass is 209 g/mol. The lowest BCUT2D eigenvalue weighted by molar-refractivity contribution is 0.137. The first-order valence-corrected chi connectivity index (χ1v) is 1.43. The Balaban J connectivity index is -0.00000000800. The lowest BCUT2D eigenvalue weighted by Crippen LogP contribution is -2.07. The van der Waals surface area contributed by atoms with Crippen molar-refractivity contribution in [3.8, 4) is 0 Å². The minimum absolute atomic E-state index is 0. The van der Waals surface area contributed by atoms with Gasteiger partial charge in [-0.15, -0.1) is 0 Å². The van der Waals surface area contributed by atoms with Crippen molar-refractivity contribution in [3.63, 3.8) is 0 Å². The minimum Gasteiger partial charge on any atom is -0.450 e. The maximum Gasteiger partial charge on any atom is 0.631 e. The highest BCUT2D eigenvalue weighted by Gasteiger charge is 1.92. The topological polar surface area (TPSA) is 293 Å². The molecule has 0 rings (SSSR count). The summed E-state index contributed by atoms with van der Waals surface area (Å²) in [5.41, 5.74) is 0. The van der Waals surface area contributed by atoms with Crippen molar-refractivity contribution in [2.75, 3.05) is 0 Å². The van der Waals surface area contributed by atoms with Crippen molar-refractivity contribution in [1.29, 1.82) is 0 Å². The van der Waals surface area contributed by atoms with Crippen molar-refractivity contribution in [3.05, 3.63) is 0 Å². The molecule has 13 heavy (non-hydrogen) atoms. The Bertz CT molecular complexity index is 65.3. The van der Waals surface area contributed by atoms with Crippen LogP contribution in [0.5, 0.6) is 0 Å². The summed E-state index contributed by atoms with van der Waals surface area (Å²) in [6, 6.07) is 0. The highest BCUT2D eigenvalue weighted by molar-refractivity contribution is 6.30. The first-order chi connectivity index (χ1) is 3.46. The average Bonchev–Trinajstić information content (AvgIpc) is 1.25. The maximum atomic E-state index is 8.56. The number of carboxylic acid groups (broad SMARTS) is 2. The van der Waals surface area contributed by atoms with Gasteiger partial charge in [-0.25, -0.2) is 4.79 Å². The average molecular weight is 209 g/mol. The highest BCUT2D eigenvalue weighted by Crippen LogP contribution is 1.42. The van der Waals surface area contributed by atoms with Crippen LogP contribution in [0.25, 0.3) is 0 Å². The molecule has 0 aromatic rings. The van der Waals surface area contributed by atoms with E-state index in [4.69, 9.17) is 30.1 Å². The molecular formula is CH20BN5O6. The summed E-state index contributed by atoms with van der Waals surface area (Å²) in [5.74, 6) is 0. The first kappa shape index (κ1) is 58.0. The van der Waals surface area contributed by atoms with Gasteiger partial charge in [-0.05, 0) is 0 Å². The van der Waals surface area contributed by atoms with Crippen LogP contribution in [0.3, 0.4) is 0 Å².